The van der Waals surface area contributed by atoms with Gasteiger partial charge in [-0.3, -0.25) is 24.1 Å². The molecule has 224 valence electrons. The van der Waals surface area contributed by atoms with Crippen molar-refractivity contribution in [1.29, 1.82) is 0 Å². The van der Waals surface area contributed by atoms with Crippen LogP contribution >= 0.6 is 0 Å². The Morgan fingerprint density at radius 2 is 0.957 bits per heavy atom. The number of amides is 4. The Labute approximate surface area is 265 Å². The third kappa shape index (κ3) is 3.85. The van der Waals surface area contributed by atoms with Crippen LogP contribution in [-0.2, 0) is 0 Å². The van der Waals surface area contributed by atoms with E-state index < -0.39 is 11.8 Å². The summed E-state index contributed by atoms with van der Waals surface area (Å²) in [6.45, 7) is 2.59. The fraction of sp³-hybridized carbons (Fsp3) is 0.200. The van der Waals surface area contributed by atoms with Crippen molar-refractivity contribution in [2.24, 2.45) is 0 Å². The molecule has 0 atom stereocenters. The molecule has 2 aliphatic heterocycles. The summed E-state index contributed by atoms with van der Waals surface area (Å²) in [4.78, 5) is 57.9. The van der Waals surface area contributed by atoms with Gasteiger partial charge in [0.1, 0.15) is 0 Å². The van der Waals surface area contributed by atoms with Gasteiger partial charge in [0, 0.05) is 45.1 Å². The molecular weight excluding hydrogens is 572 g/mol. The Hall–Kier alpha value is -5.54. The minimum Gasteiger partial charge on any atom is -0.274 e. The number of carbonyl (C=O) groups is 4. The maximum atomic E-state index is 13.9. The molecule has 0 saturated carbocycles. The van der Waals surface area contributed by atoms with Crippen LogP contribution in [0.15, 0.2) is 72.8 Å². The smallest absolute Gasteiger partial charge is 0.265 e. The fourth-order valence-electron chi connectivity index (χ4n) is 7.51. The lowest BCUT2D eigenvalue weighted by atomic mass is 9.82. The Morgan fingerprint density at radius 1 is 0.522 bits per heavy atom. The summed E-state index contributed by atoms with van der Waals surface area (Å²) in [6.07, 6.45) is 11.9. The van der Waals surface area contributed by atoms with Crippen LogP contribution in [0.3, 0.4) is 0 Å². The van der Waals surface area contributed by atoms with Crippen molar-refractivity contribution in [3.8, 4) is 12.3 Å². The van der Waals surface area contributed by atoms with Crippen molar-refractivity contribution in [2.75, 3.05) is 11.4 Å². The number of rotatable bonds is 8. The average molecular weight is 603 g/mol. The third-order valence-electron chi connectivity index (χ3n) is 9.75. The number of hydrogen-bond acceptors (Lipinski definition) is 4. The van der Waals surface area contributed by atoms with Crippen molar-refractivity contribution in [2.45, 2.75) is 45.4 Å². The van der Waals surface area contributed by atoms with Gasteiger partial charge in [-0.05, 0) is 87.3 Å². The van der Waals surface area contributed by atoms with Crippen LogP contribution in [0.25, 0.3) is 43.1 Å². The number of carbonyl (C=O) groups excluding carboxylic acids is 4. The maximum absolute atomic E-state index is 13.9. The predicted molar refractivity (Wildman–Crippen MR) is 182 cm³/mol. The van der Waals surface area contributed by atoms with E-state index in [1.807, 2.05) is 36.4 Å². The zero-order chi connectivity index (χ0) is 31.7. The number of nitrogens with zero attached hydrogens (tertiary/aromatic N) is 2. The summed E-state index contributed by atoms with van der Waals surface area (Å²) in [6, 6.07) is 21.7. The molecule has 0 bridgehead atoms. The number of benzene rings is 6. The minimum atomic E-state index is -0.396. The molecule has 2 heterocycles. The Kier molecular flexibility index (Phi) is 6.40. The van der Waals surface area contributed by atoms with E-state index in [2.05, 4.69) is 12.8 Å². The van der Waals surface area contributed by atoms with E-state index in [1.54, 1.807) is 36.4 Å². The van der Waals surface area contributed by atoms with E-state index in [0.717, 1.165) is 51.6 Å². The largest absolute Gasteiger partial charge is 0.274 e. The summed E-state index contributed by atoms with van der Waals surface area (Å²) in [5.41, 5.74) is 3.07. The van der Waals surface area contributed by atoms with Crippen molar-refractivity contribution in [3.63, 3.8) is 0 Å². The molecule has 46 heavy (non-hydrogen) atoms. The molecule has 6 aromatic carbocycles. The Balaban J connectivity index is 1.26. The van der Waals surface area contributed by atoms with Gasteiger partial charge in [-0.15, -0.1) is 6.42 Å². The van der Waals surface area contributed by atoms with Crippen LogP contribution < -0.4 is 4.90 Å². The summed E-state index contributed by atoms with van der Waals surface area (Å²) < 4.78 is 0. The number of imide groups is 2. The second-order valence-corrected chi connectivity index (χ2v) is 12.3. The number of terminal acetylenes is 1. The first kappa shape index (κ1) is 28.0. The highest BCUT2D eigenvalue weighted by molar-refractivity contribution is 6.43. The fourth-order valence-corrected chi connectivity index (χ4v) is 7.51. The molecule has 0 unspecified atom stereocenters. The van der Waals surface area contributed by atoms with E-state index in [4.69, 9.17) is 6.42 Å². The van der Waals surface area contributed by atoms with Crippen LogP contribution in [-0.4, -0.2) is 35.1 Å². The average Bonchev–Trinajstić information content (AvgIpc) is 3.08. The summed E-state index contributed by atoms with van der Waals surface area (Å²) >= 11 is 0. The lowest BCUT2D eigenvalue weighted by Crippen LogP contribution is -2.41. The Bertz CT molecular complexity index is 2220. The van der Waals surface area contributed by atoms with Gasteiger partial charge >= 0.3 is 0 Å². The van der Waals surface area contributed by atoms with Gasteiger partial charge in [-0.25, -0.2) is 4.90 Å². The second kappa shape index (κ2) is 10.5. The molecule has 6 heteroatoms. The number of anilines is 1. The van der Waals surface area contributed by atoms with Crippen molar-refractivity contribution in [3.05, 3.63) is 101 Å². The molecule has 0 spiro atoms. The highest BCUT2D eigenvalue weighted by atomic mass is 16.2. The monoisotopic (exact) mass is 602 g/mol. The lowest BCUT2D eigenvalue weighted by Gasteiger charge is -2.30. The summed E-state index contributed by atoms with van der Waals surface area (Å²) in [5, 5.41) is 6.48. The number of unbranched alkanes of at least 4 members (excludes halogenated alkanes) is 5. The molecule has 6 nitrogen and oxygen atoms in total. The highest BCUT2D eigenvalue weighted by Gasteiger charge is 2.37. The van der Waals surface area contributed by atoms with Crippen LogP contribution in [0.5, 0.6) is 0 Å². The first-order valence-corrected chi connectivity index (χ1v) is 16.0. The zero-order valence-corrected chi connectivity index (χ0v) is 25.5. The molecule has 0 aromatic heterocycles. The van der Waals surface area contributed by atoms with E-state index >= 15 is 0 Å². The molecule has 0 aliphatic carbocycles. The highest BCUT2D eigenvalue weighted by Crippen LogP contribution is 2.46. The molecule has 0 radical (unpaired) electrons. The van der Waals surface area contributed by atoms with Gasteiger partial charge in [0.2, 0.25) is 0 Å². The molecule has 0 saturated heterocycles. The normalized spacial score (nSPS) is 14.4. The van der Waals surface area contributed by atoms with Gasteiger partial charge in [0.25, 0.3) is 23.6 Å². The number of hydrogen-bond donors (Lipinski definition) is 0. The van der Waals surface area contributed by atoms with Crippen molar-refractivity contribution < 1.29 is 19.2 Å². The minimum absolute atomic E-state index is 0.252. The van der Waals surface area contributed by atoms with E-state index in [1.165, 1.54) is 29.1 Å². The SMILES string of the molecule is C#Cc1ccc(N2C(=O)c3ccc4c5ccc6c7c(ccc(c8ccc(c3c48)C2=O)c75)C(=O)N(CCCCCCCC)C6=O)cc1. The Morgan fingerprint density at radius 3 is 1.41 bits per heavy atom. The molecule has 6 aromatic rings. The predicted octanol–water partition coefficient (Wildman–Crippen LogP) is 8.48. The van der Waals surface area contributed by atoms with E-state index in [0.29, 0.717) is 50.8 Å². The van der Waals surface area contributed by atoms with Crippen LogP contribution in [0, 0.1) is 12.3 Å². The lowest BCUT2D eigenvalue weighted by molar-refractivity contribution is 0.0607. The van der Waals surface area contributed by atoms with Gasteiger partial charge in [0.15, 0.2) is 0 Å². The van der Waals surface area contributed by atoms with Crippen molar-refractivity contribution >= 4 is 72.4 Å². The van der Waals surface area contributed by atoms with E-state index in [-0.39, 0.29) is 11.8 Å². The summed E-state index contributed by atoms with van der Waals surface area (Å²) in [7, 11) is 0. The molecule has 0 N–H and O–H groups in total. The first-order valence-electron chi connectivity index (χ1n) is 16.0. The standard InChI is InChI=1S/C40H30N2O4/c1-3-5-6-7-8-9-22-41-37(43)29-18-14-25-27-16-20-31-36-32(40(46)42(39(31)45)24-12-10-23(4-2)11-13-24)21-17-28(34(27)36)26-15-19-30(38(41)44)35(29)33(25)26/h2,10-21H,3,5-9,22H2,1H3. The topological polar surface area (TPSA) is 74.8 Å². The zero-order valence-electron chi connectivity index (χ0n) is 25.5. The summed E-state index contributed by atoms with van der Waals surface area (Å²) in [5.74, 6) is 1.26. The first-order chi connectivity index (χ1) is 22.4. The number of fused-ring (bicyclic) bond motifs is 2. The van der Waals surface area contributed by atoms with Crippen LogP contribution in [0.2, 0.25) is 0 Å². The quantitative estimate of drug-likeness (QED) is 0.0576. The van der Waals surface area contributed by atoms with Crippen molar-refractivity contribution in [1.82, 2.24) is 4.90 Å². The maximum Gasteiger partial charge on any atom is 0.265 e. The molecule has 2 aliphatic rings. The van der Waals surface area contributed by atoms with Gasteiger partial charge in [-0.1, -0.05) is 69.2 Å². The second-order valence-electron chi connectivity index (χ2n) is 12.3. The van der Waals surface area contributed by atoms with Gasteiger partial charge < -0.3 is 0 Å². The molecule has 4 amide bonds. The van der Waals surface area contributed by atoms with Crippen LogP contribution in [0.1, 0.15) is 92.4 Å². The van der Waals surface area contributed by atoms with Gasteiger partial charge in [-0.2, -0.15) is 0 Å². The molecular formula is C40H30N2O4. The molecule has 0 fully saturated rings. The molecule has 8 rings (SSSR count). The van der Waals surface area contributed by atoms with Gasteiger partial charge in [0.05, 0.1) is 5.69 Å². The van der Waals surface area contributed by atoms with Crippen LogP contribution in [0.4, 0.5) is 5.69 Å². The van der Waals surface area contributed by atoms with E-state index in [9.17, 15) is 19.2 Å². The third-order valence-corrected chi connectivity index (χ3v) is 9.75.